The molecule has 23 heteroatoms. The van der Waals surface area contributed by atoms with Crippen LogP contribution in [0.25, 0.3) is 0 Å². The van der Waals surface area contributed by atoms with Gasteiger partial charge in [-0.05, 0) is 173 Å². The third-order valence-corrected chi connectivity index (χ3v) is 23.8. The molecule has 99 heavy (non-hydrogen) atoms. The van der Waals surface area contributed by atoms with Crippen LogP contribution in [-0.2, 0) is 33.8 Å². The van der Waals surface area contributed by atoms with Crippen molar-refractivity contribution in [3.63, 3.8) is 0 Å². The summed E-state index contributed by atoms with van der Waals surface area (Å²) in [6.07, 6.45) is 12.6. The lowest BCUT2D eigenvalue weighted by molar-refractivity contribution is -0.182. The number of rotatable bonds is 37. The van der Waals surface area contributed by atoms with Crippen LogP contribution in [0.1, 0.15) is 134 Å². The van der Waals surface area contributed by atoms with Gasteiger partial charge in [-0.3, -0.25) is 38.7 Å². The number of allylic oxidation sites excluding steroid dienone is 2. The fraction of sp³-hybridized carbons (Fsp3) is 0.566. The van der Waals surface area contributed by atoms with Crippen LogP contribution in [0.3, 0.4) is 0 Å². The van der Waals surface area contributed by atoms with Crippen LogP contribution in [-0.4, -0.2) is 213 Å². The molecule has 3 saturated carbocycles. The zero-order valence-electron chi connectivity index (χ0n) is 58.6. The van der Waals surface area contributed by atoms with E-state index in [-0.39, 0.29) is 40.3 Å². The summed E-state index contributed by atoms with van der Waals surface area (Å²) in [5.41, 5.74) is 8.82. The van der Waals surface area contributed by atoms with Crippen LogP contribution in [0.2, 0.25) is 0 Å². The lowest BCUT2D eigenvalue weighted by atomic mass is 9.31. The molecule has 4 aliphatic heterocycles. The van der Waals surface area contributed by atoms with Crippen molar-refractivity contribution in [2.75, 3.05) is 154 Å². The van der Waals surface area contributed by atoms with Crippen molar-refractivity contribution >= 4 is 62.7 Å². The Hall–Kier alpha value is -6.67. The Bertz CT molecular complexity index is 3610. The number of nitrogens with one attached hydrogen (secondary N) is 5. The van der Waals surface area contributed by atoms with E-state index in [0.717, 1.165) is 125 Å². The van der Waals surface area contributed by atoms with Crippen LogP contribution in [0.5, 0.6) is 5.75 Å². The van der Waals surface area contributed by atoms with E-state index in [9.17, 15) is 32.4 Å². The highest BCUT2D eigenvalue weighted by Gasteiger charge is 2.68. The number of piperidine rings is 1. The summed E-state index contributed by atoms with van der Waals surface area (Å²) in [5.74, 6) is -1.68. The Balaban J connectivity index is 0.516. The number of hydrogen-bond acceptors (Lipinski definition) is 18. The summed E-state index contributed by atoms with van der Waals surface area (Å²) in [6, 6.07) is 26.6. The Kier molecular flexibility index (Phi) is 25.2. The molecule has 2 bridgehead atoms. The smallest absolute Gasteiger partial charge is 0.266 e. The average Bonchev–Trinajstić information content (AvgIpc) is 1.24. The molecule has 536 valence electrons. The van der Waals surface area contributed by atoms with Crippen LogP contribution in [0.4, 0.5) is 11.4 Å². The third-order valence-electron chi connectivity index (χ3n) is 21.3. The van der Waals surface area contributed by atoms with Crippen molar-refractivity contribution < 1.29 is 51.3 Å². The molecule has 21 nitrogen and oxygen atoms in total. The molecular formula is C76H104N10O11S2. The molecule has 3 saturated heterocycles. The van der Waals surface area contributed by atoms with Crippen LogP contribution in [0.15, 0.2) is 124 Å². The van der Waals surface area contributed by atoms with Gasteiger partial charge >= 0.3 is 0 Å². The van der Waals surface area contributed by atoms with Gasteiger partial charge in [0.1, 0.15) is 11.8 Å². The second-order valence-electron chi connectivity index (χ2n) is 29.0. The summed E-state index contributed by atoms with van der Waals surface area (Å²) in [7, 11) is -4.15. The molecule has 0 aromatic heterocycles. The van der Waals surface area contributed by atoms with Gasteiger partial charge in [-0.1, -0.05) is 69.2 Å². The van der Waals surface area contributed by atoms with Crippen molar-refractivity contribution in [2.24, 2.45) is 16.2 Å². The highest BCUT2D eigenvalue weighted by Crippen LogP contribution is 2.79. The molecule has 4 aromatic carbocycles. The summed E-state index contributed by atoms with van der Waals surface area (Å²) >= 11 is 1.80. The number of ether oxygens (including phenoxy) is 4. The number of fused-ring (bicyclic) bond motifs is 1. The standard InChI is InChI=1S/C76H104N10O11S2/c1-6-75-52-76(53-75,54-75)64-48-74(4,5)27-25-58(64)49-84-36-38-85(39-37-84)60-20-18-57(19-21-60)70(88)81-99(92,93)62-22-23-65(55(2)47-62)80-59(51-98-61-13-8-7-9-14-61)26-31-82-32-34-83(35-33-82)40-42-95-44-46-96-45-43-94-41-30-77-28-10-11-29-78-68(87)50-97-67-16-12-15-63-69(67)73(91)86(72(63)90)66-24-17-56(3)79-71(66)89/h7-9,12-16,18-23,47,59,66,77,80H,3,6,10-11,17,24-46,48-54H2,1-2,4-5H3,(H,78,87)(H,79,89)(H,81,88)/t59-,66?,75?,76?/m1/s1. The number of hydrogen-bond donors (Lipinski definition) is 5. The number of nitrogens with zero attached hydrogens (tertiary/aromatic N) is 5. The maximum absolute atomic E-state index is 13.8. The number of sulfonamides is 1. The van der Waals surface area contributed by atoms with Gasteiger partial charge in [0.2, 0.25) is 5.91 Å². The first kappa shape index (κ1) is 73.5. The van der Waals surface area contributed by atoms with Gasteiger partial charge in [0, 0.05) is 124 Å². The Morgan fingerprint density at radius 1 is 0.758 bits per heavy atom. The second-order valence-corrected chi connectivity index (χ2v) is 31.8. The molecule has 4 aliphatic carbocycles. The molecule has 0 radical (unpaired) electrons. The Labute approximate surface area is 590 Å². The largest absolute Gasteiger partial charge is 0.483 e. The molecule has 4 aromatic rings. The first-order valence-electron chi connectivity index (χ1n) is 36.0. The maximum atomic E-state index is 13.8. The highest BCUT2D eigenvalue weighted by atomic mass is 32.2. The fourth-order valence-electron chi connectivity index (χ4n) is 15.4. The van der Waals surface area contributed by atoms with Gasteiger partial charge in [0.25, 0.3) is 33.7 Å². The van der Waals surface area contributed by atoms with E-state index in [2.05, 4.69) is 97.2 Å². The van der Waals surface area contributed by atoms with Crippen molar-refractivity contribution in [3.8, 4) is 5.75 Å². The van der Waals surface area contributed by atoms with E-state index in [4.69, 9.17) is 18.9 Å². The number of imide groups is 1. The quantitative estimate of drug-likeness (QED) is 0.0123. The minimum atomic E-state index is -4.15. The number of aryl methyl sites for hydroxylation is 1. The molecule has 6 fully saturated rings. The first-order chi connectivity index (χ1) is 47.8. The van der Waals surface area contributed by atoms with Crippen molar-refractivity contribution in [3.05, 3.63) is 137 Å². The van der Waals surface area contributed by atoms with Gasteiger partial charge in [-0.15, -0.1) is 11.8 Å². The molecular weight excluding hydrogens is 1290 g/mol. The zero-order chi connectivity index (χ0) is 69.6. The number of unbranched alkanes of at least 4 members (excludes halogenated alkanes) is 1. The number of carbonyl (C=O) groups is 5. The molecule has 1 unspecified atom stereocenters. The number of carbonyl (C=O) groups excluding carboxylic acids is 5. The van der Waals surface area contributed by atoms with E-state index in [1.165, 1.54) is 62.0 Å². The fourth-order valence-corrected chi connectivity index (χ4v) is 17.5. The van der Waals surface area contributed by atoms with Gasteiger partial charge < -0.3 is 50.0 Å². The van der Waals surface area contributed by atoms with Crippen molar-refractivity contribution in [1.82, 2.24) is 40.3 Å². The zero-order valence-corrected chi connectivity index (χ0v) is 60.2. The van der Waals surface area contributed by atoms with Gasteiger partial charge in [-0.2, -0.15) is 0 Å². The van der Waals surface area contributed by atoms with E-state index in [1.807, 2.05) is 36.8 Å². The molecule has 0 spiro atoms. The van der Waals surface area contributed by atoms with Gasteiger partial charge in [0.15, 0.2) is 6.61 Å². The minimum Gasteiger partial charge on any atom is -0.483 e. The van der Waals surface area contributed by atoms with Crippen LogP contribution < -0.4 is 35.6 Å². The molecule has 5 N–H and O–H groups in total. The van der Waals surface area contributed by atoms with Crippen molar-refractivity contribution in [2.45, 2.75) is 127 Å². The number of benzene rings is 4. The highest BCUT2D eigenvalue weighted by molar-refractivity contribution is 7.99. The van der Waals surface area contributed by atoms with E-state index in [0.29, 0.717) is 93.1 Å². The second kappa shape index (κ2) is 33.9. The van der Waals surface area contributed by atoms with Crippen molar-refractivity contribution in [1.29, 1.82) is 0 Å². The predicted molar refractivity (Wildman–Crippen MR) is 387 cm³/mol. The molecule has 4 heterocycles. The van der Waals surface area contributed by atoms with Gasteiger partial charge in [0.05, 0.1) is 55.7 Å². The van der Waals surface area contributed by atoms with E-state index >= 15 is 0 Å². The third kappa shape index (κ3) is 19.1. The normalized spacial score (nSPS) is 22.2. The van der Waals surface area contributed by atoms with Crippen LogP contribution >= 0.6 is 11.8 Å². The minimum absolute atomic E-state index is 0.0452. The topological polar surface area (TPSA) is 233 Å². The predicted octanol–water partition coefficient (Wildman–Crippen LogP) is 8.91. The number of anilines is 2. The monoisotopic (exact) mass is 1400 g/mol. The summed E-state index contributed by atoms with van der Waals surface area (Å²) in [5, 5.41) is 12.6. The molecule has 8 aliphatic rings. The molecule has 2 atom stereocenters. The molecule has 12 rings (SSSR count). The summed E-state index contributed by atoms with van der Waals surface area (Å²) < 4.78 is 52.9. The van der Waals surface area contributed by atoms with E-state index < -0.39 is 39.7 Å². The van der Waals surface area contributed by atoms with Crippen LogP contribution in [0, 0.1) is 23.2 Å². The Morgan fingerprint density at radius 3 is 2.15 bits per heavy atom. The first-order valence-corrected chi connectivity index (χ1v) is 38.4. The number of amides is 5. The lowest BCUT2D eigenvalue weighted by Gasteiger charge is -2.73. The Morgan fingerprint density at radius 2 is 1.44 bits per heavy atom. The maximum Gasteiger partial charge on any atom is 0.266 e. The number of thioether (sulfide) groups is 1. The summed E-state index contributed by atoms with van der Waals surface area (Å²) in [4.78, 5) is 77.3. The van der Waals surface area contributed by atoms with E-state index in [1.54, 1.807) is 47.7 Å². The summed E-state index contributed by atoms with van der Waals surface area (Å²) in [6.45, 7) is 28.2. The molecule has 5 amide bonds. The van der Waals surface area contributed by atoms with Gasteiger partial charge in [-0.25, -0.2) is 13.1 Å². The SMILES string of the molecule is C=C1CCC(N2C(=O)c3cccc(OCC(=O)NCCCCNCCOCCOCCOCCN4CCN(CC[C@H](CSc5ccccc5)Nc5ccc(S(=O)(=O)NC(=O)c6ccc(N7CCN(CC8=C(C9%10CC(CC)(C9)C%10)CC(C)(C)CC8)CC7)cc6)cc5C)CC4)c3C2=O)C(=O)N1. The lowest BCUT2D eigenvalue weighted by Crippen LogP contribution is -2.63. The average molecular weight is 1400 g/mol. The number of piperazine rings is 2.